The van der Waals surface area contributed by atoms with E-state index in [4.69, 9.17) is 4.74 Å². The summed E-state index contributed by atoms with van der Waals surface area (Å²) in [7, 11) is -3.37. The molecule has 0 aliphatic carbocycles. The van der Waals surface area contributed by atoms with Crippen LogP contribution < -0.4 is 9.44 Å². The number of aromatic nitrogens is 2. The fourth-order valence-corrected chi connectivity index (χ4v) is 3.07. The molecule has 0 atom stereocenters. The van der Waals surface area contributed by atoms with Crippen LogP contribution in [0, 0.1) is 0 Å². The van der Waals surface area contributed by atoms with Gasteiger partial charge in [-0.25, -0.2) is 13.1 Å². The normalized spacial score (nSPS) is 12.2. The third-order valence-electron chi connectivity index (χ3n) is 2.91. The molecule has 0 fully saturated rings. The minimum Gasteiger partial charge on any atom is -0.346 e. The first-order valence-electron chi connectivity index (χ1n) is 7.27. The average Bonchev–Trinajstić information content (AvgIpc) is 2.61. The monoisotopic (exact) mass is 368 g/mol. The highest BCUT2D eigenvalue weighted by molar-refractivity contribution is 7.95. The van der Waals surface area contributed by atoms with Gasteiger partial charge in [0.1, 0.15) is 0 Å². The second kappa shape index (κ2) is 10.3. The Labute approximate surface area is 145 Å². The van der Waals surface area contributed by atoms with Crippen LogP contribution in [0.4, 0.5) is 0 Å². The van der Waals surface area contributed by atoms with Crippen LogP contribution in [-0.2, 0) is 27.8 Å². The highest BCUT2D eigenvalue weighted by Crippen LogP contribution is 1.97. The van der Waals surface area contributed by atoms with Gasteiger partial charge in [0.05, 0.1) is 17.9 Å². The zero-order chi connectivity index (χ0) is 17.1. The molecule has 0 bridgehead atoms. The van der Waals surface area contributed by atoms with Crippen LogP contribution in [0.25, 0.3) is 0 Å². The molecule has 0 saturated carbocycles. The molecule has 130 valence electrons. The van der Waals surface area contributed by atoms with Gasteiger partial charge < -0.3 is 4.74 Å². The first-order valence-corrected chi connectivity index (χ1v) is 9.88. The summed E-state index contributed by atoms with van der Waals surface area (Å²) in [5, 5.41) is 0. The second-order valence-corrected chi connectivity index (χ2v) is 7.51. The summed E-state index contributed by atoms with van der Waals surface area (Å²) in [5.74, 6) is -0.0953. The topological polar surface area (TPSA) is 93.2 Å². The predicted octanol–water partition coefficient (Wildman–Crippen LogP) is 0.843. The van der Waals surface area contributed by atoms with Crippen molar-refractivity contribution in [3.8, 4) is 0 Å². The lowest BCUT2D eigenvalue weighted by Gasteiger charge is -2.06. The molecule has 0 radical (unpaired) electrons. The minimum absolute atomic E-state index is 0.0953. The average molecular weight is 368 g/mol. The smallest absolute Gasteiger partial charge is 0.214 e. The molecule has 0 aromatic carbocycles. The van der Waals surface area contributed by atoms with Crippen molar-refractivity contribution in [2.45, 2.75) is 13.1 Å². The van der Waals surface area contributed by atoms with Gasteiger partial charge in [-0.05, 0) is 23.3 Å². The lowest BCUT2D eigenvalue weighted by molar-refractivity contribution is 0.351. The van der Waals surface area contributed by atoms with E-state index < -0.39 is 10.0 Å². The predicted molar refractivity (Wildman–Crippen MR) is 96.9 cm³/mol. The number of thiol groups is 1. The Bertz CT molecular complexity index is 725. The Morgan fingerprint density at radius 2 is 1.75 bits per heavy atom. The zero-order valence-corrected chi connectivity index (χ0v) is 14.7. The number of sulfonamides is 1. The van der Waals surface area contributed by atoms with Gasteiger partial charge in [-0.2, -0.15) is 0 Å². The van der Waals surface area contributed by atoms with Crippen LogP contribution in [0.2, 0.25) is 0 Å². The summed E-state index contributed by atoms with van der Waals surface area (Å²) < 4.78 is 34.5. The molecule has 2 rings (SSSR count). The maximum Gasteiger partial charge on any atom is 0.214 e. The summed E-state index contributed by atoms with van der Waals surface area (Å²) in [4.78, 5) is 7.95. The standard InChI is InChI=1S/C15H20N4O3S2/c20-24(21,19-12-15-4-2-6-17-10-15)8-7-22-13-23-18-11-14-3-1-5-16-9-14/h1-6,9-10,13,18-19,23H,7-8,11-12H2. The van der Waals surface area contributed by atoms with Gasteiger partial charge >= 0.3 is 0 Å². The molecule has 9 heteroatoms. The maximum absolute atomic E-state index is 11.8. The largest absolute Gasteiger partial charge is 0.346 e. The van der Waals surface area contributed by atoms with E-state index in [0.29, 0.717) is 6.54 Å². The van der Waals surface area contributed by atoms with Gasteiger partial charge in [-0.1, -0.05) is 12.1 Å². The summed E-state index contributed by atoms with van der Waals surface area (Å²) in [6.45, 7) is 0.995. The molecule has 0 aliphatic rings. The van der Waals surface area contributed by atoms with Crippen LogP contribution in [-0.4, -0.2) is 36.3 Å². The number of pyridine rings is 2. The Balaban J connectivity index is 1.59. The molecule has 2 aromatic rings. The van der Waals surface area contributed by atoms with E-state index in [1.54, 1.807) is 30.9 Å². The Morgan fingerprint density at radius 1 is 1.08 bits per heavy atom. The van der Waals surface area contributed by atoms with Crippen molar-refractivity contribution < 1.29 is 13.2 Å². The van der Waals surface area contributed by atoms with Crippen molar-refractivity contribution in [1.29, 1.82) is 0 Å². The zero-order valence-electron chi connectivity index (χ0n) is 13.0. The number of hydrogen-bond donors (Lipinski definition) is 3. The first-order chi connectivity index (χ1) is 11.7. The lowest BCUT2D eigenvalue weighted by atomic mass is 10.3. The van der Waals surface area contributed by atoms with E-state index in [9.17, 15) is 8.42 Å². The molecule has 2 heterocycles. The van der Waals surface area contributed by atoms with Crippen molar-refractivity contribution in [3.05, 3.63) is 60.2 Å². The Kier molecular flexibility index (Phi) is 7.99. The van der Waals surface area contributed by atoms with Crippen molar-refractivity contribution in [2.24, 2.45) is 0 Å². The molecule has 0 unspecified atom stereocenters. The van der Waals surface area contributed by atoms with Crippen molar-refractivity contribution in [1.82, 2.24) is 19.4 Å². The highest BCUT2D eigenvalue weighted by Gasteiger charge is 2.09. The fraction of sp³-hybridized carbons (Fsp3) is 0.267. The summed E-state index contributed by atoms with van der Waals surface area (Å²) >= 11 is 0.771. The minimum atomic E-state index is -3.37. The van der Waals surface area contributed by atoms with Gasteiger partial charge in [0.25, 0.3) is 0 Å². The number of ether oxygens (including phenoxy) is 1. The molecule has 0 spiro atoms. The Morgan fingerprint density at radius 3 is 2.38 bits per heavy atom. The van der Waals surface area contributed by atoms with Crippen LogP contribution in [0.1, 0.15) is 11.1 Å². The van der Waals surface area contributed by atoms with E-state index >= 15 is 0 Å². The van der Waals surface area contributed by atoms with Crippen molar-refractivity contribution in [3.63, 3.8) is 0 Å². The molecule has 2 N–H and O–H groups in total. The molecule has 0 aliphatic heterocycles. The fourth-order valence-electron chi connectivity index (χ4n) is 1.69. The van der Waals surface area contributed by atoms with Gasteiger partial charge in [0.2, 0.25) is 10.0 Å². The van der Waals surface area contributed by atoms with Gasteiger partial charge in [0.15, 0.2) is 0 Å². The van der Waals surface area contributed by atoms with E-state index in [2.05, 4.69) is 19.4 Å². The Hall–Kier alpha value is -1.65. The van der Waals surface area contributed by atoms with E-state index in [0.717, 1.165) is 22.7 Å². The van der Waals surface area contributed by atoms with Crippen molar-refractivity contribution >= 4 is 27.1 Å². The number of hydrogen-bond acceptors (Lipinski definition) is 6. The molecular formula is C15H20N4O3S2. The number of nitrogens with zero attached hydrogens (tertiary/aromatic N) is 2. The van der Waals surface area contributed by atoms with Crippen LogP contribution in [0.15, 0.2) is 49.1 Å². The summed E-state index contributed by atoms with van der Waals surface area (Å²) in [6, 6.07) is 7.42. The number of nitrogens with one attached hydrogen (secondary N) is 2. The van der Waals surface area contributed by atoms with Gasteiger partial charge in [-0.15, -0.1) is 11.5 Å². The molecule has 24 heavy (non-hydrogen) atoms. The summed E-state index contributed by atoms with van der Waals surface area (Å²) in [5.41, 5.74) is 3.42. The SMILES string of the molecule is O=S(=O)(CCOC=[SH]NCc1cccnc1)NCc1cccnc1. The molecule has 2 aromatic heterocycles. The highest BCUT2D eigenvalue weighted by atomic mass is 32.2. The maximum atomic E-state index is 11.8. The molecule has 0 saturated heterocycles. The van der Waals surface area contributed by atoms with Gasteiger partial charge in [-0.3, -0.25) is 14.7 Å². The van der Waals surface area contributed by atoms with Crippen LogP contribution in [0.5, 0.6) is 0 Å². The van der Waals surface area contributed by atoms with Crippen LogP contribution in [0.3, 0.4) is 0 Å². The lowest BCUT2D eigenvalue weighted by Crippen LogP contribution is -2.28. The third kappa shape index (κ3) is 7.75. The number of rotatable bonds is 10. The first kappa shape index (κ1) is 18.7. The van der Waals surface area contributed by atoms with Crippen molar-refractivity contribution in [2.75, 3.05) is 12.4 Å². The molecule has 0 amide bonds. The summed E-state index contributed by atoms with van der Waals surface area (Å²) in [6.07, 6.45) is 6.77. The van der Waals surface area contributed by atoms with Crippen LogP contribution >= 0.6 is 11.5 Å². The molecular weight excluding hydrogens is 348 g/mol. The molecule has 7 nitrogen and oxygen atoms in total. The van der Waals surface area contributed by atoms with E-state index in [1.165, 1.54) is 5.55 Å². The van der Waals surface area contributed by atoms with Gasteiger partial charge in [0, 0.05) is 37.9 Å². The quantitative estimate of drug-likeness (QED) is 0.327. The van der Waals surface area contributed by atoms with E-state index in [-0.39, 0.29) is 18.9 Å². The third-order valence-corrected chi connectivity index (χ3v) is 4.80. The van der Waals surface area contributed by atoms with E-state index in [1.807, 2.05) is 18.2 Å². The second-order valence-electron chi connectivity index (χ2n) is 4.80.